The van der Waals surface area contributed by atoms with Crippen LogP contribution >= 0.6 is 11.8 Å². The first-order valence-corrected chi connectivity index (χ1v) is 13.7. The Morgan fingerprint density at radius 2 is 1.87 bits per heavy atom. The van der Waals surface area contributed by atoms with Crippen molar-refractivity contribution < 1.29 is 18.0 Å². The molecule has 1 aromatic carbocycles. The number of rotatable bonds is 5. The van der Waals surface area contributed by atoms with Crippen molar-refractivity contribution in [2.45, 2.75) is 67.7 Å². The second kappa shape index (κ2) is 9.50. The predicted octanol–water partition coefficient (Wildman–Crippen LogP) is 2.99. The third-order valence-electron chi connectivity index (χ3n) is 6.59. The van der Waals surface area contributed by atoms with Gasteiger partial charge in [0.1, 0.15) is 6.54 Å². The van der Waals surface area contributed by atoms with E-state index in [2.05, 4.69) is 12.2 Å². The number of thioether (sulfide) groups is 1. The zero-order chi connectivity index (χ0) is 22.0. The lowest BCUT2D eigenvalue weighted by Gasteiger charge is -2.32. The number of fused-ring (bicyclic) bond motifs is 1. The molecule has 0 aromatic heterocycles. The smallest absolute Gasteiger partial charge is 0.243 e. The summed E-state index contributed by atoms with van der Waals surface area (Å²) in [7, 11) is -3.61. The molecular weight excluding hydrogens is 434 g/mol. The second-order valence-corrected chi connectivity index (χ2v) is 11.8. The first kappa shape index (κ1) is 22.6. The first-order chi connectivity index (χ1) is 14.9. The normalized spacial score (nSPS) is 25.2. The number of amides is 2. The zero-order valence-corrected chi connectivity index (χ0v) is 19.6. The average Bonchev–Trinajstić information content (AvgIpc) is 2.77. The molecule has 1 N–H and O–H groups in total. The van der Waals surface area contributed by atoms with Crippen molar-refractivity contribution in [1.82, 2.24) is 9.62 Å². The lowest BCUT2D eigenvalue weighted by molar-refractivity contribution is -0.123. The van der Waals surface area contributed by atoms with Gasteiger partial charge < -0.3 is 10.2 Å². The summed E-state index contributed by atoms with van der Waals surface area (Å²) in [6, 6.07) is 5.09. The Kier molecular flexibility index (Phi) is 6.93. The van der Waals surface area contributed by atoms with Crippen molar-refractivity contribution in [3.63, 3.8) is 0 Å². The number of piperidine rings is 1. The molecule has 1 saturated heterocycles. The van der Waals surface area contributed by atoms with E-state index in [1.54, 1.807) is 18.2 Å². The number of anilines is 1. The minimum Gasteiger partial charge on any atom is -0.352 e. The number of hydrogen-bond donors (Lipinski definition) is 1. The zero-order valence-electron chi connectivity index (χ0n) is 18.0. The van der Waals surface area contributed by atoms with Gasteiger partial charge in [0.05, 0.1) is 16.3 Å². The minimum absolute atomic E-state index is 0.0805. The molecule has 0 radical (unpaired) electrons. The van der Waals surface area contributed by atoms with Gasteiger partial charge in [0, 0.05) is 24.0 Å². The number of nitrogens with zero attached hydrogens (tertiary/aromatic N) is 2. The van der Waals surface area contributed by atoms with E-state index in [1.165, 1.54) is 27.4 Å². The van der Waals surface area contributed by atoms with Gasteiger partial charge in [-0.1, -0.05) is 26.2 Å². The van der Waals surface area contributed by atoms with Crippen molar-refractivity contribution in [3.05, 3.63) is 18.2 Å². The van der Waals surface area contributed by atoms with Crippen LogP contribution in [0.2, 0.25) is 0 Å². The van der Waals surface area contributed by atoms with Gasteiger partial charge in [-0.3, -0.25) is 9.59 Å². The average molecular weight is 466 g/mol. The van der Waals surface area contributed by atoms with E-state index in [1.807, 2.05) is 0 Å². The van der Waals surface area contributed by atoms with Crippen LogP contribution in [0, 0.1) is 5.92 Å². The highest BCUT2D eigenvalue weighted by molar-refractivity contribution is 8.00. The van der Waals surface area contributed by atoms with Crippen LogP contribution in [0.3, 0.4) is 0 Å². The number of carbonyl (C=O) groups excluding carboxylic acids is 2. The molecule has 0 bridgehead atoms. The van der Waals surface area contributed by atoms with Crippen LogP contribution in [0.1, 0.15) is 51.9 Å². The van der Waals surface area contributed by atoms with Crippen molar-refractivity contribution in [2.24, 2.45) is 5.92 Å². The third kappa shape index (κ3) is 4.93. The van der Waals surface area contributed by atoms with Crippen LogP contribution in [-0.2, 0) is 19.6 Å². The monoisotopic (exact) mass is 465 g/mol. The van der Waals surface area contributed by atoms with Crippen molar-refractivity contribution in [1.29, 1.82) is 0 Å². The van der Waals surface area contributed by atoms with E-state index < -0.39 is 10.0 Å². The van der Waals surface area contributed by atoms with E-state index in [9.17, 15) is 18.0 Å². The highest BCUT2D eigenvalue weighted by atomic mass is 32.2. The summed E-state index contributed by atoms with van der Waals surface area (Å²) < 4.78 is 27.8. The molecule has 2 atom stereocenters. The molecule has 4 rings (SSSR count). The molecule has 1 aromatic rings. The molecule has 2 fully saturated rings. The molecule has 2 amide bonds. The Morgan fingerprint density at radius 1 is 1.13 bits per heavy atom. The highest BCUT2D eigenvalue weighted by Crippen LogP contribution is 2.37. The molecular formula is C22H31N3O4S2. The number of hydrogen-bond acceptors (Lipinski definition) is 5. The summed E-state index contributed by atoms with van der Waals surface area (Å²) in [5.74, 6) is 0.322. The summed E-state index contributed by atoms with van der Waals surface area (Å²) in [5.41, 5.74) is 0.520. The topological polar surface area (TPSA) is 86.8 Å². The van der Waals surface area contributed by atoms with Crippen molar-refractivity contribution in [2.75, 3.05) is 30.3 Å². The molecule has 2 aliphatic heterocycles. The fourth-order valence-electron chi connectivity index (χ4n) is 4.70. The first-order valence-electron chi connectivity index (χ1n) is 11.2. The third-order valence-corrected chi connectivity index (χ3v) is 9.53. The van der Waals surface area contributed by atoms with E-state index in [0.29, 0.717) is 24.7 Å². The molecule has 2 heterocycles. The van der Waals surface area contributed by atoms with Crippen LogP contribution in [-0.4, -0.2) is 56.0 Å². The van der Waals surface area contributed by atoms with Crippen LogP contribution in [0.4, 0.5) is 5.69 Å². The van der Waals surface area contributed by atoms with E-state index in [4.69, 9.17) is 0 Å². The maximum absolute atomic E-state index is 13.1. The van der Waals surface area contributed by atoms with E-state index >= 15 is 0 Å². The Balaban J connectivity index is 1.54. The van der Waals surface area contributed by atoms with Gasteiger partial charge >= 0.3 is 0 Å². The minimum atomic E-state index is -3.61. The molecule has 7 nitrogen and oxygen atoms in total. The van der Waals surface area contributed by atoms with Gasteiger partial charge in [0.25, 0.3) is 0 Å². The summed E-state index contributed by atoms with van der Waals surface area (Å²) in [6.45, 7) is 3.13. The maximum Gasteiger partial charge on any atom is 0.243 e. The summed E-state index contributed by atoms with van der Waals surface area (Å²) >= 11 is 1.39. The van der Waals surface area contributed by atoms with Gasteiger partial charge in [0.15, 0.2) is 0 Å². The second-order valence-electron chi connectivity index (χ2n) is 8.80. The molecule has 31 heavy (non-hydrogen) atoms. The molecule has 2 unspecified atom stereocenters. The molecule has 9 heteroatoms. The summed E-state index contributed by atoms with van der Waals surface area (Å²) in [5, 5.41) is 3.10. The lowest BCUT2D eigenvalue weighted by atomic mass is 9.86. The summed E-state index contributed by atoms with van der Waals surface area (Å²) in [6.07, 6.45) is 7.14. The quantitative estimate of drug-likeness (QED) is 0.722. The number of sulfonamides is 1. The van der Waals surface area contributed by atoms with Crippen LogP contribution in [0.25, 0.3) is 0 Å². The van der Waals surface area contributed by atoms with Gasteiger partial charge in [-0.2, -0.15) is 4.31 Å². The number of benzene rings is 1. The van der Waals surface area contributed by atoms with Crippen molar-refractivity contribution in [3.8, 4) is 0 Å². The fourth-order valence-corrected chi connectivity index (χ4v) is 7.15. The molecule has 0 spiro atoms. The predicted molar refractivity (Wildman–Crippen MR) is 122 cm³/mol. The van der Waals surface area contributed by atoms with Gasteiger partial charge in [0.2, 0.25) is 21.8 Å². The standard InChI is InChI=1S/C22H31N3O4S2/c1-16-7-3-4-8-18(16)23-21(26)14-25-19-13-17(9-10-20(19)30-15-22(25)27)31(28,29)24-11-5-2-6-12-24/h9-10,13,16,18H,2-8,11-12,14-15H2,1H3,(H,23,26). The Hall–Kier alpha value is -1.58. The maximum atomic E-state index is 13.1. The van der Waals surface area contributed by atoms with Crippen LogP contribution in [0.15, 0.2) is 28.0 Å². The van der Waals surface area contributed by atoms with Gasteiger partial charge in [-0.05, 0) is 49.8 Å². The Labute approximate surface area is 189 Å². The lowest BCUT2D eigenvalue weighted by Crippen LogP contribution is -2.48. The molecule has 1 saturated carbocycles. The molecule has 1 aliphatic carbocycles. The van der Waals surface area contributed by atoms with E-state index in [0.717, 1.165) is 43.4 Å². The Bertz CT molecular complexity index is 944. The summed E-state index contributed by atoms with van der Waals surface area (Å²) in [4.78, 5) is 27.9. The fraction of sp³-hybridized carbons (Fsp3) is 0.636. The largest absolute Gasteiger partial charge is 0.352 e. The molecule has 3 aliphatic rings. The van der Waals surface area contributed by atoms with Gasteiger partial charge in [-0.25, -0.2) is 8.42 Å². The van der Waals surface area contributed by atoms with Crippen molar-refractivity contribution >= 4 is 39.3 Å². The SMILES string of the molecule is CC1CCCCC1NC(=O)CN1C(=O)CSc2ccc(S(=O)(=O)N3CCCCC3)cc21. The van der Waals surface area contributed by atoms with Crippen LogP contribution < -0.4 is 10.2 Å². The molecule has 170 valence electrons. The Morgan fingerprint density at radius 3 is 2.61 bits per heavy atom. The van der Waals surface area contributed by atoms with Gasteiger partial charge in [-0.15, -0.1) is 11.8 Å². The van der Waals surface area contributed by atoms with E-state index in [-0.39, 0.29) is 35.0 Å². The number of carbonyl (C=O) groups is 2. The number of nitrogens with one attached hydrogen (secondary N) is 1. The highest BCUT2D eigenvalue weighted by Gasteiger charge is 2.32. The van der Waals surface area contributed by atoms with Crippen LogP contribution in [0.5, 0.6) is 0 Å².